The Labute approximate surface area is 104 Å². The largest absolute Gasteiger partial charge is 0.312 e. The average molecular weight is 247 g/mol. The van der Waals surface area contributed by atoms with Crippen molar-refractivity contribution >= 4 is 17.5 Å². The highest BCUT2D eigenvalue weighted by Gasteiger charge is 2.18. The van der Waals surface area contributed by atoms with Crippen molar-refractivity contribution < 1.29 is 4.79 Å². The standard InChI is InChI=1S/C12H13N3OS/c1-9(17-12-14-13-8-15(12)2)11(16)10-6-4-3-5-7-10/h3-9H,1-2H3. The van der Waals surface area contributed by atoms with Crippen molar-refractivity contribution in [2.24, 2.45) is 7.05 Å². The summed E-state index contributed by atoms with van der Waals surface area (Å²) >= 11 is 1.42. The van der Waals surface area contributed by atoms with Gasteiger partial charge in [-0.3, -0.25) is 4.79 Å². The Morgan fingerprint density at radius 2 is 2.06 bits per heavy atom. The minimum atomic E-state index is -0.166. The van der Waals surface area contributed by atoms with E-state index in [9.17, 15) is 4.79 Å². The zero-order valence-corrected chi connectivity index (χ0v) is 10.5. The van der Waals surface area contributed by atoms with E-state index in [0.29, 0.717) is 0 Å². The number of hydrogen-bond donors (Lipinski definition) is 0. The molecule has 17 heavy (non-hydrogen) atoms. The van der Waals surface area contributed by atoms with E-state index in [1.807, 2.05) is 44.3 Å². The van der Waals surface area contributed by atoms with Crippen molar-refractivity contribution in [3.05, 3.63) is 42.2 Å². The summed E-state index contributed by atoms with van der Waals surface area (Å²) in [5.41, 5.74) is 0.731. The number of carbonyl (C=O) groups excluding carboxylic acids is 1. The van der Waals surface area contributed by atoms with Crippen LogP contribution in [0.15, 0.2) is 41.8 Å². The zero-order valence-electron chi connectivity index (χ0n) is 9.70. The van der Waals surface area contributed by atoms with Gasteiger partial charge in [0.15, 0.2) is 10.9 Å². The molecule has 1 aromatic carbocycles. The van der Waals surface area contributed by atoms with Crippen LogP contribution in [0.25, 0.3) is 0 Å². The number of rotatable bonds is 4. The zero-order chi connectivity index (χ0) is 12.3. The first-order valence-electron chi connectivity index (χ1n) is 5.28. The topological polar surface area (TPSA) is 47.8 Å². The highest BCUT2D eigenvalue weighted by atomic mass is 32.2. The van der Waals surface area contributed by atoms with Gasteiger partial charge in [-0.05, 0) is 6.92 Å². The molecular weight excluding hydrogens is 234 g/mol. The third-order valence-electron chi connectivity index (χ3n) is 2.38. The summed E-state index contributed by atoms with van der Waals surface area (Å²) in [4.78, 5) is 12.1. The van der Waals surface area contributed by atoms with Crippen molar-refractivity contribution in [1.29, 1.82) is 0 Å². The number of hydrogen-bond acceptors (Lipinski definition) is 4. The van der Waals surface area contributed by atoms with Crippen molar-refractivity contribution in [3.8, 4) is 0 Å². The molecule has 0 aliphatic carbocycles. The molecule has 2 rings (SSSR count). The van der Waals surface area contributed by atoms with Gasteiger partial charge in [0.2, 0.25) is 0 Å². The SMILES string of the molecule is CC(Sc1nncn1C)C(=O)c1ccccc1. The molecule has 0 spiro atoms. The molecule has 0 saturated heterocycles. The maximum atomic E-state index is 12.1. The van der Waals surface area contributed by atoms with Gasteiger partial charge in [0, 0.05) is 12.6 Å². The minimum Gasteiger partial charge on any atom is -0.312 e. The third kappa shape index (κ3) is 2.74. The summed E-state index contributed by atoms with van der Waals surface area (Å²) in [6.07, 6.45) is 1.63. The number of aromatic nitrogens is 3. The number of thioether (sulfide) groups is 1. The second-order valence-electron chi connectivity index (χ2n) is 3.71. The minimum absolute atomic E-state index is 0.110. The van der Waals surface area contributed by atoms with E-state index in [0.717, 1.165) is 10.7 Å². The van der Waals surface area contributed by atoms with Crippen LogP contribution in [-0.4, -0.2) is 25.8 Å². The van der Waals surface area contributed by atoms with E-state index in [-0.39, 0.29) is 11.0 Å². The van der Waals surface area contributed by atoms with Crippen LogP contribution in [0, 0.1) is 0 Å². The lowest BCUT2D eigenvalue weighted by molar-refractivity contribution is 0.0994. The fraction of sp³-hybridized carbons (Fsp3) is 0.250. The van der Waals surface area contributed by atoms with E-state index in [4.69, 9.17) is 0 Å². The van der Waals surface area contributed by atoms with E-state index in [1.54, 1.807) is 10.9 Å². The van der Waals surface area contributed by atoms with Crippen LogP contribution in [0.5, 0.6) is 0 Å². The van der Waals surface area contributed by atoms with Crippen molar-refractivity contribution in [1.82, 2.24) is 14.8 Å². The lowest BCUT2D eigenvalue weighted by Crippen LogP contribution is -2.14. The Kier molecular flexibility index (Phi) is 3.58. The maximum absolute atomic E-state index is 12.1. The van der Waals surface area contributed by atoms with Crippen LogP contribution in [0.2, 0.25) is 0 Å². The quantitative estimate of drug-likeness (QED) is 0.613. The first-order valence-corrected chi connectivity index (χ1v) is 6.16. The molecule has 0 bridgehead atoms. The number of aryl methyl sites for hydroxylation is 1. The van der Waals surface area contributed by atoms with Gasteiger partial charge >= 0.3 is 0 Å². The highest BCUT2D eigenvalue weighted by Crippen LogP contribution is 2.22. The molecule has 1 unspecified atom stereocenters. The van der Waals surface area contributed by atoms with Crippen LogP contribution < -0.4 is 0 Å². The molecule has 0 N–H and O–H groups in total. The van der Waals surface area contributed by atoms with Gasteiger partial charge in [0.05, 0.1) is 5.25 Å². The van der Waals surface area contributed by atoms with Gasteiger partial charge in [-0.15, -0.1) is 10.2 Å². The van der Waals surface area contributed by atoms with Crippen molar-refractivity contribution in [2.75, 3.05) is 0 Å². The first-order chi connectivity index (χ1) is 8.18. The monoisotopic (exact) mass is 247 g/mol. The van der Waals surface area contributed by atoms with Gasteiger partial charge in [-0.2, -0.15) is 0 Å². The van der Waals surface area contributed by atoms with Crippen LogP contribution in [0.1, 0.15) is 17.3 Å². The Morgan fingerprint density at radius 3 is 2.65 bits per heavy atom. The Bertz CT molecular complexity index is 509. The lowest BCUT2D eigenvalue weighted by atomic mass is 10.1. The molecular formula is C12H13N3OS. The summed E-state index contributed by atoms with van der Waals surface area (Å²) in [7, 11) is 1.86. The van der Waals surface area contributed by atoms with Crippen LogP contribution in [0.4, 0.5) is 0 Å². The van der Waals surface area contributed by atoms with Gasteiger partial charge < -0.3 is 4.57 Å². The van der Waals surface area contributed by atoms with E-state index in [2.05, 4.69) is 10.2 Å². The Hall–Kier alpha value is -1.62. The molecule has 0 aliphatic rings. The molecule has 5 heteroatoms. The molecule has 1 heterocycles. The smallest absolute Gasteiger partial charge is 0.191 e. The summed E-state index contributed by atoms with van der Waals surface area (Å²) < 4.78 is 1.80. The second kappa shape index (κ2) is 5.14. The Morgan fingerprint density at radius 1 is 1.35 bits per heavy atom. The second-order valence-corrected chi connectivity index (χ2v) is 5.02. The van der Waals surface area contributed by atoms with Crippen LogP contribution in [0.3, 0.4) is 0 Å². The average Bonchev–Trinajstić information content (AvgIpc) is 2.75. The highest BCUT2D eigenvalue weighted by molar-refractivity contribution is 8.00. The fourth-order valence-electron chi connectivity index (χ4n) is 1.43. The van der Waals surface area contributed by atoms with Gasteiger partial charge in [-0.1, -0.05) is 42.1 Å². The summed E-state index contributed by atoms with van der Waals surface area (Å²) in [5, 5.41) is 8.33. The number of ketones is 1. The van der Waals surface area contributed by atoms with Gasteiger partial charge in [-0.25, -0.2) is 0 Å². The molecule has 1 atom stereocenters. The number of benzene rings is 1. The molecule has 0 aliphatic heterocycles. The van der Waals surface area contributed by atoms with Crippen LogP contribution >= 0.6 is 11.8 Å². The molecule has 0 amide bonds. The summed E-state index contributed by atoms with van der Waals surface area (Å²) in [6.45, 7) is 1.88. The third-order valence-corrected chi connectivity index (χ3v) is 3.53. The molecule has 4 nitrogen and oxygen atoms in total. The molecule has 0 fully saturated rings. The molecule has 88 valence electrons. The van der Waals surface area contributed by atoms with E-state index < -0.39 is 0 Å². The maximum Gasteiger partial charge on any atom is 0.191 e. The Balaban J connectivity index is 2.09. The van der Waals surface area contributed by atoms with Crippen molar-refractivity contribution in [3.63, 3.8) is 0 Å². The van der Waals surface area contributed by atoms with E-state index >= 15 is 0 Å². The lowest BCUT2D eigenvalue weighted by Gasteiger charge is -2.08. The fourth-order valence-corrected chi connectivity index (χ4v) is 2.30. The predicted octanol–water partition coefficient (Wildman–Crippen LogP) is 2.18. The summed E-state index contributed by atoms with van der Waals surface area (Å²) in [6, 6.07) is 9.29. The first kappa shape index (κ1) is 11.9. The molecule has 2 aromatic rings. The van der Waals surface area contributed by atoms with Gasteiger partial charge in [0.1, 0.15) is 6.33 Å². The number of Topliss-reactive ketones (excluding diaryl/α,β-unsaturated/α-hetero) is 1. The summed E-state index contributed by atoms with van der Waals surface area (Å²) in [5.74, 6) is 0.110. The predicted molar refractivity (Wildman–Crippen MR) is 67.1 cm³/mol. The number of carbonyl (C=O) groups is 1. The molecule has 1 aromatic heterocycles. The number of nitrogens with zero attached hydrogens (tertiary/aromatic N) is 3. The van der Waals surface area contributed by atoms with Gasteiger partial charge in [0.25, 0.3) is 0 Å². The van der Waals surface area contributed by atoms with Crippen molar-refractivity contribution in [2.45, 2.75) is 17.3 Å². The van der Waals surface area contributed by atoms with Crippen LogP contribution in [-0.2, 0) is 7.05 Å². The molecule has 0 radical (unpaired) electrons. The molecule has 0 saturated carbocycles. The normalized spacial score (nSPS) is 12.4. The van der Waals surface area contributed by atoms with E-state index in [1.165, 1.54) is 11.8 Å².